The molecule has 2 N–H and O–H groups in total. The zero-order chi connectivity index (χ0) is 18.2. The zero-order valence-electron chi connectivity index (χ0n) is 15.2. The molecule has 26 heavy (non-hydrogen) atoms. The van der Waals surface area contributed by atoms with Gasteiger partial charge in [0.05, 0.1) is 0 Å². The highest BCUT2D eigenvalue weighted by molar-refractivity contribution is 7.09. The lowest BCUT2D eigenvalue weighted by molar-refractivity contribution is 0.179. The molecule has 1 aromatic heterocycles. The Kier molecular flexibility index (Phi) is 7.03. The molecule has 4 nitrogen and oxygen atoms in total. The minimum Gasteiger partial charge on any atom is -0.356 e. The Labute approximate surface area is 159 Å². The van der Waals surface area contributed by atoms with Gasteiger partial charge in [-0.15, -0.1) is 11.3 Å². The number of guanidine groups is 1. The van der Waals surface area contributed by atoms with E-state index >= 15 is 0 Å². The maximum Gasteiger partial charge on any atom is 0.191 e. The quantitative estimate of drug-likeness (QED) is 0.601. The van der Waals surface area contributed by atoms with Crippen molar-refractivity contribution in [3.8, 4) is 0 Å². The van der Waals surface area contributed by atoms with Crippen molar-refractivity contribution >= 4 is 17.3 Å². The van der Waals surface area contributed by atoms with Gasteiger partial charge in [0.2, 0.25) is 0 Å². The first-order valence-corrected chi connectivity index (χ1v) is 10.0. The van der Waals surface area contributed by atoms with Gasteiger partial charge in [-0.25, -0.2) is 4.39 Å². The Balaban J connectivity index is 1.37. The van der Waals surface area contributed by atoms with Crippen LogP contribution < -0.4 is 10.6 Å². The maximum atomic E-state index is 13.7. The molecule has 0 saturated carbocycles. The second kappa shape index (κ2) is 9.69. The number of thiophene rings is 1. The van der Waals surface area contributed by atoms with Crippen molar-refractivity contribution in [3.05, 3.63) is 58.0 Å². The minimum absolute atomic E-state index is 0.187. The standard InChI is InChI=1S/C20H27FN4S/c1-22-20(24-14-17-5-2-3-7-19(17)21)23-13-16-8-10-25(11-9-16)15-18-6-4-12-26-18/h2-7,12,16H,8-11,13-15H2,1H3,(H2,22,23,24). The average Bonchev–Trinajstić information content (AvgIpc) is 3.17. The minimum atomic E-state index is -0.187. The zero-order valence-corrected chi connectivity index (χ0v) is 16.1. The van der Waals surface area contributed by atoms with Crippen molar-refractivity contribution in [1.29, 1.82) is 0 Å². The van der Waals surface area contributed by atoms with E-state index in [-0.39, 0.29) is 5.82 Å². The molecule has 2 aromatic rings. The van der Waals surface area contributed by atoms with Gasteiger partial charge in [0, 0.05) is 37.1 Å². The van der Waals surface area contributed by atoms with Crippen LogP contribution in [0.15, 0.2) is 46.8 Å². The summed E-state index contributed by atoms with van der Waals surface area (Å²) in [6.45, 7) is 4.70. The molecule has 1 aliphatic heterocycles. The molecule has 1 fully saturated rings. The van der Waals surface area contributed by atoms with Gasteiger partial charge in [-0.3, -0.25) is 9.89 Å². The summed E-state index contributed by atoms with van der Waals surface area (Å²) in [7, 11) is 1.75. The van der Waals surface area contributed by atoms with E-state index in [9.17, 15) is 4.39 Å². The third-order valence-corrected chi connectivity index (χ3v) is 5.71. The predicted octanol–water partition coefficient (Wildman–Crippen LogP) is 3.46. The van der Waals surface area contributed by atoms with Gasteiger partial charge in [-0.1, -0.05) is 24.3 Å². The van der Waals surface area contributed by atoms with Crippen molar-refractivity contribution < 1.29 is 4.39 Å². The second-order valence-electron chi connectivity index (χ2n) is 6.70. The SMILES string of the molecule is CN=C(NCc1ccccc1F)NCC1CCN(Cc2cccs2)CC1. The molecule has 2 heterocycles. The average molecular weight is 375 g/mol. The highest BCUT2D eigenvalue weighted by Crippen LogP contribution is 2.20. The van der Waals surface area contributed by atoms with E-state index in [1.807, 2.05) is 17.4 Å². The normalized spacial score (nSPS) is 16.6. The van der Waals surface area contributed by atoms with E-state index in [1.165, 1.54) is 23.8 Å². The highest BCUT2D eigenvalue weighted by Gasteiger charge is 2.19. The van der Waals surface area contributed by atoms with E-state index in [0.29, 0.717) is 18.0 Å². The van der Waals surface area contributed by atoms with Crippen LogP contribution in [0.4, 0.5) is 4.39 Å². The van der Waals surface area contributed by atoms with Gasteiger partial charge in [-0.2, -0.15) is 0 Å². The summed E-state index contributed by atoms with van der Waals surface area (Å²) in [4.78, 5) is 8.22. The molecular weight excluding hydrogens is 347 g/mol. The maximum absolute atomic E-state index is 13.7. The molecule has 140 valence electrons. The third kappa shape index (κ3) is 5.54. The van der Waals surface area contributed by atoms with Gasteiger partial charge in [0.1, 0.15) is 5.82 Å². The van der Waals surface area contributed by atoms with Crippen LogP contribution in [0.5, 0.6) is 0 Å². The van der Waals surface area contributed by atoms with Crippen LogP contribution in [-0.4, -0.2) is 37.5 Å². The fourth-order valence-corrected chi connectivity index (χ4v) is 4.00. The third-order valence-electron chi connectivity index (χ3n) is 4.85. The fraction of sp³-hybridized carbons (Fsp3) is 0.450. The number of rotatable bonds is 6. The number of nitrogens with one attached hydrogen (secondary N) is 2. The van der Waals surface area contributed by atoms with E-state index in [1.54, 1.807) is 19.2 Å². The second-order valence-corrected chi connectivity index (χ2v) is 7.73. The molecule has 0 bridgehead atoms. The largest absolute Gasteiger partial charge is 0.356 e. The molecule has 0 aliphatic carbocycles. The summed E-state index contributed by atoms with van der Waals surface area (Å²) in [6.07, 6.45) is 2.39. The van der Waals surface area contributed by atoms with E-state index in [0.717, 1.165) is 32.1 Å². The molecule has 0 amide bonds. The molecule has 0 unspecified atom stereocenters. The van der Waals surface area contributed by atoms with Crippen molar-refractivity contribution in [3.63, 3.8) is 0 Å². The van der Waals surface area contributed by atoms with Crippen molar-refractivity contribution in [2.45, 2.75) is 25.9 Å². The topological polar surface area (TPSA) is 39.7 Å². The monoisotopic (exact) mass is 374 g/mol. The van der Waals surface area contributed by atoms with Crippen LogP contribution in [0.3, 0.4) is 0 Å². The molecule has 1 aromatic carbocycles. The van der Waals surface area contributed by atoms with Gasteiger partial charge in [0.25, 0.3) is 0 Å². The predicted molar refractivity (Wildman–Crippen MR) is 107 cm³/mol. The van der Waals surface area contributed by atoms with Gasteiger partial charge in [-0.05, 0) is 49.4 Å². The van der Waals surface area contributed by atoms with Crippen LogP contribution in [0, 0.1) is 11.7 Å². The number of nitrogens with zero attached hydrogens (tertiary/aromatic N) is 2. The van der Waals surface area contributed by atoms with Crippen LogP contribution in [0.1, 0.15) is 23.3 Å². The fourth-order valence-electron chi connectivity index (χ4n) is 3.25. The van der Waals surface area contributed by atoms with Crippen molar-refractivity contribution in [1.82, 2.24) is 15.5 Å². The Morgan fingerprint density at radius 3 is 2.69 bits per heavy atom. The van der Waals surface area contributed by atoms with Crippen LogP contribution in [0.25, 0.3) is 0 Å². The molecule has 1 saturated heterocycles. The van der Waals surface area contributed by atoms with Crippen molar-refractivity contribution in [2.24, 2.45) is 10.9 Å². The highest BCUT2D eigenvalue weighted by atomic mass is 32.1. The summed E-state index contributed by atoms with van der Waals surface area (Å²) >= 11 is 1.83. The lowest BCUT2D eigenvalue weighted by Crippen LogP contribution is -2.42. The lowest BCUT2D eigenvalue weighted by atomic mass is 9.97. The number of piperidine rings is 1. The van der Waals surface area contributed by atoms with E-state index < -0.39 is 0 Å². The summed E-state index contributed by atoms with van der Waals surface area (Å²) in [6, 6.07) is 11.2. The molecule has 0 radical (unpaired) electrons. The van der Waals surface area contributed by atoms with E-state index in [2.05, 4.69) is 38.0 Å². The number of hydrogen-bond donors (Lipinski definition) is 2. The molecule has 0 spiro atoms. The van der Waals surface area contributed by atoms with Crippen LogP contribution in [-0.2, 0) is 13.1 Å². The summed E-state index contributed by atoms with van der Waals surface area (Å²) in [5.74, 6) is 1.20. The number of halogens is 1. The first kappa shape index (κ1) is 18.9. The smallest absolute Gasteiger partial charge is 0.191 e. The number of likely N-dealkylation sites (tertiary alicyclic amines) is 1. The Morgan fingerprint density at radius 2 is 2.00 bits per heavy atom. The molecule has 1 aliphatic rings. The number of aliphatic imine (C=N–C) groups is 1. The Hall–Kier alpha value is -1.92. The molecule has 6 heteroatoms. The molecule has 3 rings (SSSR count). The summed E-state index contributed by atoms with van der Waals surface area (Å²) in [5, 5.41) is 8.73. The number of benzene rings is 1. The number of hydrogen-bond acceptors (Lipinski definition) is 3. The van der Waals surface area contributed by atoms with Gasteiger partial charge < -0.3 is 10.6 Å². The Morgan fingerprint density at radius 1 is 1.19 bits per heavy atom. The lowest BCUT2D eigenvalue weighted by Gasteiger charge is -2.32. The first-order chi connectivity index (χ1) is 12.7. The van der Waals surface area contributed by atoms with Crippen LogP contribution in [0.2, 0.25) is 0 Å². The van der Waals surface area contributed by atoms with Gasteiger partial charge >= 0.3 is 0 Å². The molecule has 0 atom stereocenters. The summed E-state index contributed by atoms with van der Waals surface area (Å²) in [5.41, 5.74) is 0.650. The first-order valence-electron chi connectivity index (χ1n) is 9.17. The van der Waals surface area contributed by atoms with E-state index in [4.69, 9.17) is 0 Å². The van der Waals surface area contributed by atoms with Crippen LogP contribution >= 0.6 is 11.3 Å². The summed E-state index contributed by atoms with van der Waals surface area (Å²) < 4.78 is 13.7. The Bertz CT molecular complexity index is 694. The molecular formula is C20H27FN4S. The van der Waals surface area contributed by atoms with Gasteiger partial charge in [0.15, 0.2) is 5.96 Å². The van der Waals surface area contributed by atoms with Crippen molar-refractivity contribution in [2.75, 3.05) is 26.7 Å².